The molecule has 0 fully saturated rings. The third kappa shape index (κ3) is 9.26. The van der Waals surface area contributed by atoms with Crippen molar-refractivity contribution in [2.75, 3.05) is 19.6 Å². The zero-order chi connectivity index (χ0) is 12.4. The van der Waals surface area contributed by atoms with Crippen LogP contribution in [0, 0.1) is 5.92 Å². The normalized spacial score (nSPS) is 11.9. The van der Waals surface area contributed by atoms with E-state index in [1.165, 1.54) is 0 Å². The topological polar surface area (TPSA) is 104 Å². The SMILES string of the molecule is CC(CCNC(=O)NCCN)CCC(=O)O. The lowest BCUT2D eigenvalue weighted by atomic mass is 10.0. The van der Waals surface area contributed by atoms with E-state index in [0.717, 1.165) is 6.42 Å². The van der Waals surface area contributed by atoms with Crippen LogP contribution in [0.4, 0.5) is 4.79 Å². The van der Waals surface area contributed by atoms with Crippen LogP contribution in [0.1, 0.15) is 26.2 Å². The van der Waals surface area contributed by atoms with Gasteiger partial charge < -0.3 is 21.5 Å². The summed E-state index contributed by atoms with van der Waals surface area (Å²) in [6, 6.07) is -0.226. The van der Waals surface area contributed by atoms with Crippen LogP contribution in [0.3, 0.4) is 0 Å². The van der Waals surface area contributed by atoms with Crippen molar-refractivity contribution in [2.45, 2.75) is 26.2 Å². The molecule has 0 spiro atoms. The first-order chi connectivity index (χ1) is 7.56. The van der Waals surface area contributed by atoms with Gasteiger partial charge in [-0.2, -0.15) is 0 Å². The molecule has 0 aliphatic rings. The molecule has 0 radical (unpaired) electrons. The van der Waals surface area contributed by atoms with Crippen LogP contribution in [0.25, 0.3) is 0 Å². The van der Waals surface area contributed by atoms with Gasteiger partial charge in [0.05, 0.1) is 0 Å². The fourth-order valence-corrected chi connectivity index (χ4v) is 1.19. The number of rotatable bonds is 8. The number of aliphatic carboxylic acids is 1. The molecule has 16 heavy (non-hydrogen) atoms. The molecule has 0 heterocycles. The number of amides is 2. The number of carboxylic acid groups (broad SMARTS) is 1. The first-order valence-electron chi connectivity index (χ1n) is 5.49. The summed E-state index contributed by atoms with van der Waals surface area (Å²) in [7, 11) is 0. The average Bonchev–Trinajstić information content (AvgIpc) is 2.23. The minimum Gasteiger partial charge on any atom is -0.481 e. The summed E-state index contributed by atoms with van der Waals surface area (Å²) >= 11 is 0. The van der Waals surface area contributed by atoms with E-state index in [4.69, 9.17) is 10.8 Å². The molecule has 0 aliphatic carbocycles. The molecule has 0 saturated carbocycles. The van der Waals surface area contributed by atoms with Gasteiger partial charge in [0, 0.05) is 26.1 Å². The Kier molecular flexibility index (Phi) is 8.24. The van der Waals surface area contributed by atoms with Crippen LogP contribution < -0.4 is 16.4 Å². The highest BCUT2D eigenvalue weighted by Gasteiger charge is 2.06. The van der Waals surface area contributed by atoms with Gasteiger partial charge >= 0.3 is 12.0 Å². The quantitative estimate of drug-likeness (QED) is 0.476. The van der Waals surface area contributed by atoms with E-state index in [1.54, 1.807) is 0 Å². The van der Waals surface area contributed by atoms with Crippen LogP contribution in [0.2, 0.25) is 0 Å². The van der Waals surface area contributed by atoms with Crippen molar-refractivity contribution in [1.29, 1.82) is 0 Å². The molecule has 0 bridgehead atoms. The predicted octanol–water partition coefficient (Wildman–Crippen LogP) is 0.135. The van der Waals surface area contributed by atoms with Crippen molar-refractivity contribution < 1.29 is 14.7 Å². The van der Waals surface area contributed by atoms with E-state index in [9.17, 15) is 9.59 Å². The molecule has 1 atom stereocenters. The van der Waals surface area contributed by atoms with Gasteiger partial charge in [-0.3, -0.25) is 4.79 Å². The summed E-state index contributed by atoms with van der Waals surface area (Å²) in [4.78, 5) is 21.4. The van der Waals surface area contributed by atoms with E-state index < -0.39 is 5.97 Å². The molecular formula is C10H21N3O3. The van der Waals surface area contributed by atoms with Crippen LogP contribution >= 0.6 is 0 Å². The van der Waals surface area contributed by atoms with Crippen molar-refractivity contribution >= 4 is 12.0 Å². The van der Waals surface area contributed by atoms with E-state index in [0.29, 0.717) is 32.0 Å². The minimum absolute atomic E-state index is 0.181. The van der Waals surface area contributed by atoms with Gasteiger partial charge in [-0.1, -0.05) is 6.92 Å². The molecule has 6 nitrogen and oxygen atoms in total. The molecule has 0 aromatic rings. The highest BCUT2D eigenvalue weighted by atomic mass is 16.4. The molecule has 1 unspecified atom stereocenters. The zero-order valence-electron chi connectivity index (χ0n) is 9.66. The Labute approximate surface area is 95.6 Å². The van der Waals surface area contributed by atoms with Crippen molar-refractivity contribution in [1.82, 2.24) is 10.6 Å². The van der Waals surface area contributed by atoms with Crippen LogP contribution in [-0.2, 0) is 4.79 Å². The standard InChI is InChI=1S/C10H21N3O3/c1-8(2-3-9(14)15)4-6-12-10(16)13-7-5-11/h8H,2-7,11H2,1H3,(H,14,15)(H2,12,13,16). The summed E-state index contributed by atoms with van der Waals surface area (Å²) < 4.78 is 0. The largest absolute Gasteiger partial charge is 0.481 e. The lowest BCUT2D eigenvalue weighted by Gasteiger charge is -2.11. The number of nitrogens with two attached hydrogens (primary N) is 1. The Morgan fingerprint density at radius 3 is 2.44 bits per heavy atom. The fourth-order valence-electron chi connectivity index (χ4n) is 1.19. The number of carbonyl (C=O) groups is 2. The zero-order valence-corrected chi connectivity index (χ0v) is 9.66. The number of hydrogen-bond donors (Lipinski definition) is 4. The molecule has 0 aliphatic heterocycles. The molecule has 6 heteroatoms. The van der Waals surface area contributed by atoms with E-state index in [-0.39, 0.29) is 12.5 Å². The molecule has 0 saturated heterocycles. The predicted molar refractivity (Wildman–Crippen MR) is 61.1 cm³/mol. The van der Waals surface area contributed by atoms with Gasteiger partial charge in [0.15, 0.2) is 0 Å². The first kappa shape index (κ1) is 14.7. The lowest BCUT2D eigenvalue weighted by Crippen LogP contribution is -2.38. The molecule has 2 amide bonds. The summed E-state index contributed by atoms with van der Waals surface area (Å²) in [5.74, 6) is -0.480. The van der Waals surface area contributed by atoms with Gasteiger partial charge in [0.1, 0.15) is 0 Å². The Morgan fingerprint density at radius 2 is 1.88 bits per heavy atom. The third-order valence-corrected chi connectivity index (χ3v) is 2.20. The molecule has 0 rings (SSSR count). The second-order valence-corrected chi connectivity index (χ2v) is 3.80. The highest BCUT2D eigenvalue weighted by Crippen LogP contribution is 2.08. The Balaban J connectivity index is 3.42. The number of hydrogen-bond acceptors (Lipinski definition) is 3. The summed E-state index contributed by atoms with van der Waals surface area (Å²) in [5, 5.41) is 13.8. The third-order valence-electron chi connectivity index (χ3n) is 2.20. The van der Waals surface area contributed by atoms with Gasteiger partial charge in [-0.25, -0.2) is 4.79 Å². The highest BCUT2D eigenvalue weighted by molar-refractivity contribution is 5.73. The van der Waals surface area contributed by atoms with E-state index in [1.807, 2.05) is 6.92 Å². The maximum absolute atomic E-state index is 11.1. The smallest absolute Gasteiger partial charge is 0.314 e. The van der Waals surface area contributed by atoms with Gasteiger partial charge in [0.2, 0.25) is 0 Å². The van der Waals surface area contributed by atoms with Crippen molar-refractivity contribution in [3.8, 4) is 0 Å². The number of carboxylic acids is 1. The first-order valence-corrected chi connectivity index (χ1v) is 5.49. The monoisotopic (exact) mass is 231 g/mol. The number of nitrogens with one attached hydrogen (secondary N) is 2. The van der Waals surface area contributed by atoms with E-state index in [2.05, 4.69) is 10.6 Å². The number of carbonyl (C=O) groups excluding carboxylic acids is 1. The van der Waals surface area contributed by atoms with Crippen molar-refractivity contribution in [2.24, 2.45) is 11.7 Å². The Bertz CT molecular complexity index is 221. The Morgan fingerprint density at radius 1 is 1.25 bits per heavy atom. The Hall–Kier alpha value is -1.30. The fraction of sp³-hybridized carbons (Fsp3) is 0.800. The van der Waals surface area contributed by atoms with Crippen molar-refractivity contribution in [3.63, 3.8) is 0 Å². The number of urea groups is 1. The molecule has 0 aromatic heterocycles. The summed E-state index contributed by atoms with van der Waals surface area (Å²) in [6.07, 6.45) is 1.60. The second-order valence-electron chi connectivity index (χ2n) is 3.80. The maximum atomic E-state index is 11.1. The van der Waals surface area contributed by atoms with Gasteiger partial charge in [-0.05, 0) is 18.8 Å². The van der Waals surface area contributed by atoms with Gasteiger partial charge in [0.25, 0.3) is 0 Å². The maximum Gasteiger partial charge on any atom is 0.314 e. The minimum atomic E-state index is -0.777. The molecule has 0 aromatic carbocycles. The van der Waals surface area contributed by atoms with Crippen LogP contribution in [0.15, 0.2) is 0 Å². The molecule has 5 N–H and O–H groups in total. The van der Waals surface area contributed by atoms with Crippen LogP contribution in [-0.4, -0.2) is 36.7 Å². The van der Waals surface area contributed by atoms with E-state index >= 15 is 0 Å². The van der Waals surface area contributed by atoms with Crippen molar-refractivity contribution in [3.05, 3.63) is 0 Å². The summed E-state index contributed by atoms with van der Waals surface area (Å²) in [6.45, 7) is 3.41. The lowest BCUT2D eigenvalue weighted by molar-refractivity contribution is -0.137. The van der Waals surface area contributed by atoms with Crippen LogP contribution in [0.5, 0.6) is 0 Å². The summed E-state index contributed by atoms with van der Waals surface area (Å²) in [5.41, 5.74) is 5.22. The average molecular weight is 231 g/mol. The molecular weight excluding hydrogens is 210 g/mol. The second kappa shape index (κ2) is 8.96. The van der Waals surface area contributed by atoms with Gasteiger partial charge in [-0.15, -0.1) is 0 Å². The molecule has 94 valence electrons.